The minimum Gasteiger partial charge on any atom is -0.347 e. The first-order valence-electron chi connectivity index (χ1n) is 9.19. The molecule has 3 aromatic rings. The molecule has 2 N–H and O–H groups in total. The summed E-state index contributed by atoms with van der Waals surface area (Å²) < 4.78 is 0. The van der Waals surface area contributed by atoms with Crippen molar-refractivity contribution in [2.75, 3.05) is 0 Å². The number of carbonyl (C=O) groups excluding carboxylic acids is 2. The highest BCUT2D eigenvalue weighted by Crippen LogP contribution is 2.15. The second-order valence-corrected chi connectivity index (χ2v) is 6.97. The van der Waals surface area contributed by atoms with Gasteiger partial charge in [0.2, 0.25) is 0 Å². The summed E-state index contributed by atoms with van der Waals surface area (Å²) in [5.41, 5.74) is 3.36. The zero-order valence-electron chi connectivity index (χ0n) is 16.0. The molecule has 0 aliphatic rings. The van der Waals surface area contributed by atoms with Gasteiger partial charge in [-0.3, -0.25) is 9.59 Å². The van der Waals surface area contributed by atoms with Crippen molar-refractivity contribution in [1.82, 2.24) is 10.6 Å². The van der Waals surface area contributed by atoms with Gasteiger partial charge in [0.05, 0.1) is 0 Å². The van der Waals surface area contributed by atoms with E-state index in [4.69, 9.17) is 11.6 Å². The summed E-state index contributed by atoms with van der Waals surface area (Å²) in [4.78, 5) is 25.4. The molecule has 5 heteroatoms. The monoisotopic (exact) mass is 404 g/mol. The Morgan fingerprint density at radius 2 is 1.55 bits per heavy atom. The fraction of sp³-hybridized carbons (Fsp3) is 0.0833. The predicted octanol–water partition coefficient (Wildman–Crippen LogP) is 4.74. The quantitative estimate of drug-likeness (QED) is 0.583. The van der Waals surface area contributed by atoms with E-state index in [2.05, 4.69) is 10.6 Å². The van der Waals surface area contributed by atoms with E-state index in [0.717, 1.165) is 16.7 Å². The number of aryl methyl sites for hydroxylation is 1. The summed E-state index contributed by atoms with van der Waals surface area (Å²) in [6, 6.07) is 23.7. The highest BCUT2D eigenvalue weighted by atomic mass is 35.5. The summed E-state index contributed by atoms with van der Waals surface area (Å²) in [6.45, 7) is 2.24. The Kier molecular flexibility index (Phi) is 6.82. The van der Waals surface area contributed by atoms with Crippen LogP contribution in [0, 0.1) is 6.92 Å². The van der Waals surface area contributed by atoms with Crippen LogP contribution in [0.3, 0.4) is 0 Å². The smallest absolute Gasteiger partial charge is 0.268 e. The van der Waals surface area contributed by atoms with E-state index >= 15 is 0 Å². The van der Waals surface area contributed by atoms with E-state index in [1.165, 1.54) is 0 Å². The molecule has 4 nitrogen and oxygen atoms in total. The van der Waals surface area contributed by atoms with Gasteiger partial charge in [-0.25, -0.2) is 0 Å². The van der Waals surface area contributed by atoms with Gasteiger partial charge in [0, 0.05) is 17.1 Å². The van der Waals surface area contributed by atoms with Crippen LogP contribution in [0.2, 0.25) is 5.02 Å². The summed E-state index contributed by atoms with van der Waals surface area (Å²) in [5.74, 6) is -0.744. The Labute approximate surface area is 175 Å². The van der Waals surface area contributed by atoms with Crippen molar-refractivity contribution in [1.29, 1.82) is 0 Å². The van der Waals surface area contributed by atoms with E-state index < -0.39 is 5.91 Å². The molecule has 0 heterocycles. The van der Waals surface area contributed by atoms with Crippen molar-refractivity contribution in [2.24, 2.45) is 0 Å². The number of benzene rings is 3. The molecule has 0 aromatic heterocycles. The van der Waals surface area contributed by atoms with Crippen molar-refractivity contribution in [3.05, 3.63) is 112 Å². The molecule has 0 saturated carbocycles. The molecule has 3 rings (SSSR count). The first-order chi connectivity index (χ1) is 14.0. The first-order valence-corrected chi connectivity index (χ1v) is 9.57. The zero-order valence-corrected chi connectivity index (χ0v) is 16.7. The second kappa shape index (κ2) is 9.71. The number of rotatable bonds is 6. The van der Waals surface area contributed by atoms with Gasteiger partial charge in [-0.1, -0.05) is 77.8 Å². The standard InChI is InChI=1S/C24H21ClN2O2/c1-17-11-13-18(14-12-17)15-22(27-23(28)19-7-3-2-4-8-19)24(29)26-16-20-9-5-6-10-21(20)25/h2-15H,16H2,1H3,(H,26,29)(H,27,28)/b22-15+. The molecule has 0 fully saturated rings. The normalized spacial score (nSPS) is 11.0. The van der Waals surface area contributed by atoms with E-state index in [9.17, 15) is 9.59 Å². The third-order valence-electron chi connectivity index (χ3n) is 4.31. The van der Waals surface area contributed by atoms with Gasteiger partial charge in [0.1, 0.15) is 5.70 Å². The Bertz CT molecular complexity index is 1030. The Morgan fingerprint density at radius 3 is 2.24 bits per heavy atom. The molecule has 3 aromatic carbocycles. The van der Waals surface area contributed by atoms with Crippen LogP contribution in [0.15, 0.2) is 84.6 Å². The van der Waals surface area contributed by atoms with Crippen LogP contribution in [0.5, 0.6) is 0 Å². The molecule has 0 aliphatic heterocycles. The van der Waals surface area contributed by atoms with Crippen molar-refractivity contribution in [3.8, 4) is 0 Å². The van der Waals surface area contributed by atoms with E-state index in [-0.39, 0.29) is 18.1 Å². The number of hydrogen-bond acceptors (Lipinski definition) is 2. The maximum absolute atomic E-state index is 12.8. The number of nitrogens with one attached hydrogen (secondary N) is 2. The summed E-state index contributed by atoms with van der Waals surface area (Å²) in [5, 5.41) is 6.12. The van der Waals surface area contributed by atoms with Crippen LogP contribution in [-0.4, -0.2) is 11.8 Å². The van der Waals surface area contributed by atoms with Crippen molar-refractivity contribution in [3.63, 3.8) is 0 Å². The number of carbonyl (C=O) groups is 2. The highest BCUT2D eigenvalue weighted by molar-refractivity contribution is 6.31. The molecule has 29 heavy (non-hydrogen) atoms. The summed E-state index contributed by atoms with van der Waals surface area (Å²) in [6.07, 6.45) is 1.65. The molecule has 2 amide bonds. The number of halogens is 1. The van der Waals surface area contributed by atoms with Crippen LogP contribution in [0.4, 0.5) is 0 Å². The lowest BCUT2D eigenvalue weighted by Gasteiger charge is -2.12. The average molecular weight is 405 g/mol. The molecule has 0 bridgehead atoms. The molecule has 0 radical (unpaired) electrons. The third kappa shape index (κ3) is 5.80. The van der Waals surface area contributed by atoms with Crippen molar-refractivity contribution < 1.29 is 9.59 Å². The van der Waals surface area contributed by atoms with Gasteiger partial charge >= 0.3 is 0 Å². The maximum Gasteiger partial charge on any atom is 0.268 e. The first kappa shape index (κ1) is 20.4. The van der Waals surface area contributed by atoms with Gasteiger partial charge in [-0.15, -0.1) is 0 Å². The molecular weight excluding hydrogens is 384 g/mol. The van der Waals surface area contributed by atoms with E-state index in [1.54, 1.807) is 36.4 Å². The molecular formula is C24H21ClN2O2. The Balaban J connectivity index is 1.81. The van der Waals surface area contributed by atoms with Gasteiger partial charge in [0.25, 0.3) is 11.8 Å². The zero-order chi connectivity index (χ0) is 20.6. The second-order valence-electron chi connectivity index (χ2n) is 6.56. The fourth-order valence-corrected chi connectivity index (χ4v) is 2.89. The van der Waals surface area contributed by atoms with Gasteiger partial charge in [0.15, 0.2) is 0 Å². The molecule has 0 atom stereocenters. The summed E-state index contributed by atoms with van der Waals surface area (Å²) in [7, 11) is 0. The van der Waals surface area contributed by atoms with Crippen LogP contribution >= 0.6 is 11.6 Å². The van der Waals surface area contributed by atoms with Gasteiger partial charge < -0.3 is 10.6 Å². The lowest BCUT2D eigenvalue weighted by Crippen LogP contribution is -2.34. The molecule has 0 aliphatic carbocycles. The minimum absolute atomic E-state index is 0.162. The minimum atomic E-state index is -0.394. The Hall–Kier alpha value is -3.37. The summed E-state index contributed by atoms with van der Waals surface area (Å²) >= 11 is 6.16. The molecule has 146 valence electrons. The topological polar surface area (TPSA) is 58.2 Å². The SMILES string of the molecule is Cc1ccc(/C=C(/NC(=O)c2ccccc2)C(=O)NCc2ccccc2Cl)cc1. The average Bonchev–Trinajstić information content (AvgIpc) is 2.74. The van der Waals surface area contributed by atoms with Crippen molar-refractivity contribution in [2.45, 2.75) is 13.5 Å². The number of hydrogen-bond donors (Lipinski definition) is 2. The lowest BCUT2D eigenvalue weighted by molar-refractivity contribution is -0.117. The van der Waals surface area contributed by atoms with Crippen molar-refractivity contribution >= 4 is 29.5 Å². The number of amides is 2. The maximum atomic E-state index is 12.8. The molecule has 0 unspecified atom stereocenters. The van der Waals surface area contributed by atoms with Crippen LogP contribution in [-0.2, 0) is 11.3 Å². The van der Waals surface area contributed by atoms with E-state index in [0.29, 0.717) is 10.6 Å². The largest absolute Gasteiger partial charge is 0.347 e. The third-order valence-corrected chi connectivity index (χ3v) is 4.68. The lowest BCUT2D eigenvalue weighted by atomic mass is 10.1. The van der Waals surface area contributed by atoms with Gasteiger partial charge in [-0.05, 0) is 42.3 Å². The van der Waals surface area contributed by atoms with Gasteiger partial charge in [-0.2, -0.15) is 0 Å². The molecule has 0 saturated heterocycles. The van der Waals surface area contributed by atoms with E-state index in [1.807, 2.05) is 55.5 Å². The fourth-order valence-electron chi connectivity index (χ4n) is 2.68. The predicted molar refractivity (Wildman–Crippen MR) is 116 cm³/mol. The highest BCUT2D eigenvalue weighted by Gasteiger charge is 2.15. The van der Waals surface area contributed by atoms with Crippen LogP contribution in [0.25, 0.3) is 6.08 Å². The van der Waals surface area contributed by atoms with Crippen LogP contribution in [0.1, 0.15) is 27.0 Å². The molecule has 0 spiro atoms. The Morgan fingerprint density at radius 1 is 0.897 bits per heavy atom. The van der Waals surface area contributed by atoms with Crippen LogP contribution < -0.4 is 10.6 Å².